The first-order chi connectivity index (χ1) is 21.6. The van der Waals surface area contributed by atoms with E-state index in [4.69, 9.17) is 42.1 Å². The number of benzene rings is 3. The van der Waals surface area contributed by atoms with Crippen molar-refractivity contribution in [3.63, 3.8) is 0 Å². The van der Waals surface area contributed by atoms with Crippen molar-refractivity contribution in [3.05, 3.63) is 98.4 Å². The molecule has 4 rings (SSSR count). The van der Waals surface area contributed by atoms with Crippen molar-refractivity contribution in [2.45, 2.75) is 26.5 Å². The van der Waals surface area contributed by atoms with E-state index in [-0.39, 0.29) is 51.9 Å². The molecule has 0 aliphatic carbocycles. The first-order valence-electron chi connectivity index (χ1n) is 13.5. The zero-order chi connectivity index (χ0) is 32.5. The number of hydrogen-bond acceptors (Lipinski definition) is 8. The summed E-state index contributed by atoms with van der Waals surface area (Å²) in [5.41, 5.74) is 4.59. The van der Waals surface area contributed by atoms with Crippen LogP contribution in [0.4, 0.5) is 9.18 Å². The smallest absolute Gasteiger partial charge is 0.338 e. The van der Waals surface area contributed by atoms with Crippen molar-refractivity contribution in [1.29, 1.82) is 0 Å². The zero-order valence-electron chi connectivity index (χ0n) is 24.4. The second-order valence-electron chi connectivity index (χ2n) is 9.52. The van der Waals surface area contributed by atoms with Gasteiger partial charge in [0.1, 0.15) is 12.4 Å². The number of esters is 1. The van der Waals surface area contributed by atoms with Gasteiger partial charge in [-0.05, 0) is 66.9 Å². The molecule has 0 fully saturated rings. The quantitative estimate of drug-likeness (QED) is 0.134. The summed E-state index contributed by atoms with van der Waals surface area (Å²) in [5.74, 6) is -0.792. The number of carbonyl (C=O) groups is 3. The average molecular weight is 659 g/mol. The third kappa shape index (κ3) is 8.64. The Morgan fingerprint density at radius 3 is 2.51 bits per heavy atom. The van der Waals surface area contributed by atoms with Crippen LogP contribution in [0.25, 0.3) is 0 Å². The summed E-state index contributed by atoms with van der Waals surface area (Å²) < 4.78 is 35.3. The zero-order valence-corrected chi connectivity index (χ0v) is 25.9. The SMILES string of the molecule is CCOC(=O)C1=C(C)NC(=O)N[C@H]1c1ccc(OCC(=O)N/N=C\c2cc(Cl)c(OCc3cccc(F)c3)c(Cl)c2)c(OC)c1. The molecule has 1 heterocycles. The molecule has 0 aromatic heterocycles. The van der Waals surface area contributed by atoms with Crippen LogP contribution in [0, 0.1) is 5.82 Å². The monoisotopic (exact) mass is 658 g/mol. The number of nitrogens with one attached hydrogen (secondary N) is 3. The van der Waals surface area contributed by atoms with Crippen molar-refractivity contribution < 1.29 is 37.7 Å². The van der Waals surface area contributed by atoms with Gasteiger partial charge in [0, 0.05) is 5.70 Å². The molecule has 1 atom stereocenters. The standard InChI is InChI=1S/C31H29Cl2FN4O7/c1-4-43-30(40)27-17(2)36-31(41)37-28(27)20-8-9-24(25(13-20)42-3)44-16-26(39)38-35-14-19-11-22(32)29(23(33)12-19)45-15-18-6-5-7-21(34)10-18/h5-14,28H,4,15-16H2,1-3H3,(H,38,39)(H2,36,37,41)/b35-14-/t28-/m0/s1. The lowest BCUT2D eigenvalue weighted by Crippen LogP contribution is -2.45. The van der Waals surface area contributed by atoms with E-state index in [1.54, 1.807) is 56.3 Å². The molecule has 3 aromatic rings. The van der Waals surface area contributed by atoms with E-state index in [1.165, 1.54) is 25.5 Å². The first kappa shape index (κ1) is 33.1. The predicted octanol–water partition coefficient (Wildman–Crippen LogP) is 5.44. The molecule has 236 valence electrons. The van der Waals surface area contributed by atoms with Gasteiger partial charge in [0.2, 0.25) is 0 Å². The van der Waals surface area contributed by atoms with Gasteiger partial charge < -0.3 is 29.6 Å². The average Bonchev–Trinajstić information content (AvgIpc) is 2.99. The number of urea groups is 1. The highest BCUT2D eigenvalue weighted by Gasteiger charge is 2.32. The molecule has 0 spiro atoms. The van der Waals surface area contributed by atoms with E-state index in [0.717, 1.165) is 0 Å². The van der Waals surface area contributed by atoms with Gasteiger partial charge >= 0.3 is 12.0 Å². The van der Waals surface area contributed by atoms with Gasteiger partial charge in [-0.2, -0.15) is 5.10 Å². The maximum Gasteiger partial charge on any atom is 0.338 e. The van der Waals surface area contributed by atoms with Gasteiger partial charge in [-0.25, -0.2) is 19.4 Å². The highest BCUT2D eigenvalue weighted by Crippen LogP contribution is 2.36. The Balaban J connectivity index is 1.36. The number of halogens is 3. The van der Waals surface area contributed by atoms with E-state index in [9.17, 15) is 18.8 Å². The Morgan fingerprint density at radius 2 is 1.82 bits per heavy atom. The largest absolute Gasteiger partial charge is 0.493 e. The van der Waals surface area contributed by atoms with Crippen molar-refractivity contribution in [2.75, 3.05) is 20.3 Å². The van der Waals surface area contributed by atoms with Crippen LogP contribution in [0.15, 0.2) is 71.0 Å². The van der Waals surface area contributed by atoms with Crippen LogP contribution in [0.3, 0.4) is 0 Å². The van der Waals surface area contributed by atoms with Crippen LogP contribution in [0.1, 0.15) is 36.6 Å². The van der Waals surface area contributed by atoms with Crippen LogP contribution in [0.2, 0.25) is 10.0 Å². The lowest BCUT2D eigenvalue weighted by Gasteiger charge is -2.28. The molecule has 14 heteroatoms. The minimum absolute atomic E-state index is 0.0637. The molecule has 0 unspecified atom stereocenters. The molecule has 1 aliphatic heterocycles. The Labute approximate surface area is 268 Å². The molecule has 45 heavy (non-hydrogen) atoms. The second-order valence-corrected chi connectivity index (χ2v) is 10.3. The van der Waals surface area contributed by atoms with E-state index in [1.807, 2.05) is 0 Å². The fourth-order valence-corrected chi connectivity index (χ4v) is 4.95. The van der Waals surface area contributed by atoms with Gasteiger partial charge in [0.25, 0.3) is 5.91 Å². The maximum absolute atomic E-state index is 13.4. The van der Waals surface area contributed by atoms with Gasteiger partial charge in [0.15, 0.2) is 23.9 Å². The molecule has 0 radical (unpaired) electrons. The summed E-state index contributed by atoms with van der Waals surface area (Å²) in [6.07, 6.45) is 1.34. The van der Waals surface area contributed by atoms with E-state index < -0.39 is 30.6 Å². The molecular weight excluding hydrogens is 630 g/mol. The highest BCUT2D eigenvalue weighted by molar-refractivity contribution is 6.37. The summed E-state index contributed by atoms with van der Waals surface area (Å²) >= 11 is 12.6. The van der Waals surface area contributed by atoms with Crippen LogP contribution >= 0.6 is 23.2 Å². The topological polar surface area (TPSA) is 137 Å². The van der Waals surface area contributed by atoms with Crippen LogP contribution < -0.4 is 30.3 Å². The van der Waals surface area contributed by atoms with Crippen LogP contribution in [-0.2, 0) is 20.9 Å². The molecule has 3 aromatic carbocycles. The Hall–Kier alpha value is -4.81. The number of hydrogen-bond donors (Lipinski definition) is 3. The Morgan fingerprint density at radius 1 is 1.07 bits per heavy atom. The number of rotatable bonds is 12. The number of amides is 3. The molecule has 1 aliphatic rings. The van der Waals surface area contributed by atoms with Crippen LogP contribution in [0.5, 0.6) is 17.2 Å². The number of hydrazone groups is 1. The lowest BCUT2D eigenvalue weighted by atomic mass is 9.95. The van der Waals surface area contributed by atoms with Crippen LogP contribution in [-0.4, -0.2) is 44.4 Å². The van der Waals surface area contributed by atoms with Gasteiger partial charge in [0.05, 0.1) is 41.6 Å². The van der Waals surface area contributed by atoms with Crippen molar-refractivity contribution in [2.24, 2.45) is 5.10 Å². The maximum atomic E-state index is 13.4. The molecule has 0 saturated heterocycles. The Bertz CT molecular complexity index is 1640. The highest BCUT2D eigenvalue weighted by atomic mass is 35.5. The minimum atomic E-state index is -0.797. The Kier molecular flexibility index (Phi) is 11.2. The van der Waals surface area contributed by atoms with E-state index >= 15 is 0 Å². The normalized spacial score (nSPS) is 14.4. The molecule has 11 nitrogen and oxygen atoms in total. The minimum Gasteiger partial charge on any atom is -0.493 e. The molecule has 3 amide bonds. The van der Waals surface area contributed by atoms with Crippen molar-refractivity contribution >= 4 is 47.3 Å². The number of allylic oxidation sites excluding steroid dienone is 1. The van der Waals surface area contributed by atoms with E-state index in [2.05, 4.69) is 21.2 Å². The third-order valence-corrected chi connectivity index (χ3v) is 6.90. The van der Waals surface area contributed by atoms with Crippen molar-refractivity contribution in [3.8, 4) is 17.2 Å². The fraction of sp³-hybridized carbons (Fsp3) is 0.226. The van der Waals surface area contributed by atoms with Gasteiger partial charge in [-0.15, -0.1) is 0 Å². The number of ether oxygens (including phenoxy) is 4. The lowest BCUT2D eigenvalue weighted by molar-refractivity contribution is -0.139. The van der Waals surface area contributed by atoms with Crippen molar-refractivity contribution in [1.82, 2.24) is 16.1 Å². The summed E-state index contributed by atoms with van der Waals surface area (Å²) in [5, 5.41) is 9.61. The summed E-state index contributed by atoms with van der Waals surface area (Å²) in [6.45, 7) is 3.12. The van der Waals surface area contributed by atoms with Gasteiger partial charge in [-0.3, -0.25) is 4.79 Å². The van der Waals surface area contributed by atoms with E-state index in [0.29, 0.717) is 22.4 Å². The number of nitrogens with zero attached hydrogens (tertiary/aromatic N) is 1. The number of methoxy groups -OCH3 is 1. The summed E-state index contributed by atoms with van der Waals surface area (Å²) in [4.78, 5) is 37.1. The summed E-state index contributed by atoms with van der Waals surface area (Å²) in [6, 6.07) is 12.6. The second kappa shape index (κ2) is 15.3. The molecule has 0 saturated carbocycles. The summed E-state index contributed by atoms with van der Waals surface area (Å²) in [7, 11) is 1.42. The van der Waals surface area contributed by atoms with Gasteiger partial charge in [-0.1, -0.05) is 41.4 Å². The third-order valence-electron chi connectivity index (χ3n) is 6.34. The number of carbonyl (C=O) groups excluding carboxylic acids is 3. The first-order valence-corrected chi connectivity index (χ1v) is 14.3. The predicted molar refractivity (Wildman–Crippen MR) is 165 cm³/mol. The fourth-order valence-electron chi connectivity index (χ4n) is 4.33. The molecule has 0 bridgehead atoms. The molecular formula is C31H29Cl2FN4O7. The molecule has 3 N–H and O–H groups in total.